The molecule has 2 aliphatic rings. The quantitative estimate of drug-likeness (QED) is 0.644. The molecule has 1 atom stereocenters. The molecule has 0 amide bonds. The van der Waals surface area contributed by atoms with Crippen molar-refractivity contribution in [2.75, 3.05) is 32.8 Å². The Morgan fingerprint density at radius 3 is 3.08 bits per heavy atom. The van der Waals surface area contributed by atoms with Crippen molar-refractivity contribution in [2.24, 2.45) is 5.92 Å². The van der Waals surface area contributed by atoms with Gasteiger partial charge >= 0.3 is 0 Å². The highest BCUT2D eigenvalue weighted by Crippen LogP contribution is 2.17. The Kier molecular flexibility index (Phi) is 2.96. The second-order valence-corrected chi connectivity index (χ2v) is 4.08. The van der Waals surface area contributed by atoms with Crippen molar-refractivity contribution in [3.05, 3.63) is 0 Å². The van der Waals surface area contributed by atoms with Crippen molar-refractivity contribution in [2.45, 2.75) is 19.3 Å². The molecule has 13 heavy (non-hydrogen) atoms. The van der Waals surface area contributed by atoms with Crippen LogP contribution in [0.1, 0.15) is 19.3 Å². The molecular weight excluding hydrogens is 166 g/mol. The van der Waals surface area contributed by atoms with Crippen molar-refractivity contribution in [1.82, 2.24) is 4.90 Å². The largest absolute Gasteiger partial charge is 0.381 e. The number of nitrogens with zero attached hydrogens (tertiary/aromatic N) is 1. The van der Waals surface area contributed by atoms with E-state index in [-0.39, 0.29) is 0 Å². The van der Waals surface area contributed by atoms with Crippen LogP contribution in [0.2, 0.25) is 0 Å². The molecule has 0 aromatic carbocycles. The zero-order valence-corrected chi connectivity index (χ0v) is 8.00. The molecule has 0 N–H and O–H groups in total. The molecule has 0 aromatic rings. The van der Waals surface area contributed by atoms with Gasteiger partial charge in [0.1, 0.15) is 5.78 Å². The van der Waals surface area contributed by atoms with Crippen LogP contribution in [-0.2, 0) is 9.53 Å². The van der Waals surface area contributed by atoms with Crippen LogP contribution in [0.4, 0.5) is 0 Å². The van der Waals surface area contributed by atoms with E-state index in [9.17, 15) is 4.79 Å². The van der Waals surface area contributed by atoms with Crippen LogP contribution in [0.3, 0.4) is 0 Å². The van der Waals surface area contributed by atoms with Crippen LogP contribution >= 0.6 is 0 Å². The molecule has 1 unspecified atom stereocenters. The van der Waals surface area contributed by atoms with Gasteiger partial charge in [0.2, 0.25) is 0 Å². The minimum Gasteiger partial charge on any atom is -0.381 e. The smallest absolute Gasteiger partial charge is 0.148 e. The summed E-state index contributed by atoms with van der Waals surface area (Å²) in [6.07, 6.45) is 3.18. The van der Waals surface area contributed by atoms with Gasteiger partial charge < -0.3 is 4.74 Å². The van der Waals surface area contributed by atoms with E-state index in [0.29, 0.717) is 12.3 Å². The second kappa shape index (κ2) is 4.20. The maximum Gasteiger partial charge on any atom is 0.148 e. The van der Waals surface area contributed by atoms with Gasteiger partial charge in [-0.05, 0) is 25.3 Å². The highest BCUT2D eigenvalue weighted by atomic mass is 16.5. The van der Waals surface area contributed by atoms with Crippen molar-refractivity contribution in [1.29, 1.82) is 0 Å². The van der Waals surface area contributed by atoms with Crippen LogP contribution in [0.5, 0.6) is 0 Å². The summed E-state index contributed by atoms with van der Waals surface area (Å²) in [7, 11) is 0. The van der Waals surface area contributed by atoms with E-state index in [4.69, 9.17) is 4.74 Å². The van der Waals surface area contributed by atoms with E-state index < -0.39 is 0 Å². The Morgan fingerprint density at radius 2 is 2.46 bits per heavy atom. The zero-order valence-electron chi connectivity index (χ0n) is 8.00. The van der Waals surface area contributed by atoms with Crippen LogP contribution in [0.15, 0.2) is 0 Å². The number of carbonyl (C=O) groups is 1. The molecule has 2 heterocycles. The molecule has 0 bridgehead atoms. The minimum atomic E-state index is 0.405. The van der Waals surface area contributed by atoms with Crippen molar-refractivity contribution in [3.8, 4) is 0 Å². The van der Waals surface area contributed by atoms with Gasteiger partial charge in [-0.1, -0.05) is 0 Å². The molecule has 3 heteroatoms. The number of carbonyl (C=O) groups excluding carboxylic acids is 1. The van der Waals surface area contributed by atoms with E-state index in [2.05, 4.69) is 4.90 Å². The van der Waals surface area contributed by atoms with Gasteiger partial charge in [-0.3, -0.25) is 9.69 Å². The lowest BCUT2D eigenvalue weighted by Crippen LogP contribution is -2.23. The molecule has 3 nitrogen and oxygen atoms in total. The molecule has 2 rings (SSSR count). The monoisotopic (exact) mass is 183 g/mol. The third-order valence-corrected chi connectivity index (χ3v) is 2.98. The summed E-state index contributed by atoms with van der Waals surface area (Å²) in [5.41, 5.74) is 0. The second-order valence-electron chi connectivity index (χ2n) is 4.08. The first-order valence-electron chi connectivity index (χ1n) is 5.16. The summed E-state index contributed by atoms with van der Waals surface area (Å²) >= 11 is 0. The van der Waals surface area contributed by atoms with E-state index in [1.807, 2.05) is 0 Å². The summed E-state index contributed by atoms with van der Waals surface area (Å²) in [5.74, 6) is 1.15. The third kappa shape index (κ3) is 2.51. The highest BCUT2D eigenvalue weighted by Gasteiger charge is 2.21. The molecule has 0 saturated carbocycles. The minimum absolute atomic E-state index is 0.405. The van der Waals surface area contributed by atoms with Crippen molar-refractivity contribution in [3.63, 3.8) is 0 Å². The zero-order chi connectivity index (χ0) is 9.10. The maximum absolute atomic E-state index is 11.0. The van der Waals surface area contributed by atoms with Gasteiger partial charge in [0, 0.05) is 26.2 Å². The van der Waals surface area contributed by atoms with Crippen LogP contribution in [-0.4, -0.2) is 43.5 Å². The number of hydrogen-bond acceptors (Lipinski definition) is 3. The van der Waals surface area contributed by atoms with Crippen molar-refractivity contribution >= 4 is 5.78 Å². The van der Waals surface area contributed by atoms with E-state index in [0.717, 1.165) is 38.6 Å². The predicted octanol–water partition coefficient (Wildman–Crippen LogP) is 0.688. The van der Waals surface area contributed by atoms with Gasteiger partial charge in [0.25, 0.3) is 0 Å². The summed E-state index contributed by atoms with van der Waals surface area (Å²) in [6.45, 7) is 4.62. The van der Waals surface area contributed by atoms with Gasteiger partial charge in [-0.15, -0.1) is 0 Å². The number of likely N-dealkylation sites (tertiary alicyclic amines) is 1. The van der Waals surface area contributed by atoms with Crippen LogP contribution < -0.4 is 0 Å². The SMILES string of the molecule is O=C1CCN(CCC2CCOC2)C1. The summed E-state index contributed by atoms with van der Waals surface area (Å²) < 4.78 is 5.31. The Balaban J connectivity index is 1.64. The lowest BCUT2D eigenvalue weighted by molar-refractivity contribution is -0.116. The molecule has 2 aliphatic heterocycles. The lowest BCUT2D eigenvalue weighted by Gasteiger charge is -2.15. The molecule has 0 aliphatic carbocycles. The average molecular weight is 183 g/mol. The van der Waals surface area contributed by atoms with Crippen molar-refractivity contribution < 1.29 is 9.53 Å². The predicted molar refractivity (Wildman–Crippen MR) is 49.6 cm³/mol. The fourth-order valence-electron chi connectivity index (χ4n) is 2.06. The first-order chi connectivity index (χ1) is 6.34. The van der Waals surface area contributed by atoms with E-state index in [1.54, 1.807) is 0 Å². The van der Waals surface area contributed by atoms with Crippen LogP contribution in [0.25, 0.3) is 0 Å². The summed E-state index contributed by atoms with van der Waals surface area (Å²) in [5, 5.41) is 0. The normalized spacial score (nSPS) is 30.2. The number of ketones is 1. The molecule has 2 fully saturated rings. The van der Waals surface area contributed by atoms with E-state index >= 15 is 0 Å². The lowest BCUT2D eigenvalue weighted by atomic mass is 10.1. The number of hydrogen-bond donors (Lipinski definition) is 0. The topological polar surface area (TPSA) is 29.5 Å². The third-order valence-electron chi connectivity index (χ3n) is 2.98. The molecule has 0 spiro atoms. The van der Waals surface area contributed by atoms with Gasteiger partial charge in [-0.25, -0.2) is 0 Å². The van der Waals surface area contributed by atoms with Crippen LogP contribution in [0, 0.1) is 5.92 Å². The number of ether oxygens (including phenoxy) is 1. The maximum atomic E-state index is 11.0. The number of Topliss-reactive ketones (excluding diaryl/α,β-unsaturated/α-hetero) is 1. The Morgan fingerprint density at radius 1 is 1.54 bits per heavy atom. The number of rotatable bonds is 3. The van der Waals surface area contributed by atoms with E-state index in [1.165, 1.54) is 12.8 Å². The standard InChI is InChI=1S/C10H17NO2/c12-10-2-5-11(7-10)4-1-9-3-6-13-8-9/h9H,1-8H2. The first kappa shape index (κ1) is 9.16. The Labute approximate surface area is 79.0 Å². The van der Waals surface area contributed by atoms with Gasteiger partial charge in [0.05, 0.1) is 6.54 Å². The fourth-order valence-corrected chi connectivity index (χ4v) is 2.06. The molecule has 0 radical (unpaired) electrons. The molecule has 74 valence electrons. The Hall–Kier alpha value is -0.410. The fraction of sp³-hybridized carbons (Fsp3) is 0.900. The van der Waals surface area contributed by atoms with Gasteiger partial charge in [-0.2, -0.15) is 0 Å². The molecule has 0 aromatic heterocycles. The summed E-state index contributed by atoms with van der Waals surface area (Å²) in [6, 6.07) is 0. The average Bonchev–Trinajstić information content (AvgIpc) is 2.71. The first-order valence-corrected chi connectivity index (χ1v) is 5.16. The molecular formula is C10H17NO2. The highest BCUT2D eigenvalue weighted by molar-refractivity contribution is 5.82. The Bertz CT molecular complexity index is 187. The molecule has 2 saturated heterocycles. The van der Waals surface area contributed by atoms with Gasteiger partial charge in [0.15, 0.2) is 0 Å². The summed E-state index contributed by atoms with van der Waals surface area (Å²) in [4.78, 5) is 13.2.